The van der Waals surface area contributed by atoms with E-state index in [1.807, 2.05) is 0 Å². The Morgan fingerprint density at radius 1 is 1.08 bits per heavy atom. The average molecular weight is 171 g/mol. The van der Waals surface area contributed by atoms with E-state index in [4.69, 9.17) is 0 Å². The first-order chi connectivity index (χ1) is 5.70. The molecule has 0 bridgehead atoms. The fraction of sp³-hybridized carbons (Fsp3) is 0. The molecule has 62 valence electrons. The van der Waals surface area contributed by atoms with Crippen LogP contribution >= 0.6 is 0 Å². The van der Waals surface area contributed by atoms with Crippen molar-refractivity contribution in [3.63, 3.8) is 0 Å². The van der Waals surface area contributed by atoms with E-state index in [9.17, 15) is 13.2 Å². The van der Waals surface area contributed by atoms with Crippen LogP contribution in [0.15, 0.2) is 18.3 Å². The number of hydrogen-bond acceptors (Lipinski definition) is 0. The Morgan fingerprint density at radius 3 is 2.58 bits per heavy atom. The predicted octanol–water partition coefficient (Wildman–Crippen LogP) is 2.59. The van der Waals surface area contributed by atoms with E-state index in [2.05, 4.69) is 4.98 Å². The zero-order valence-corrected chi connectivity index (χ0v) is 5.87. The summed E-state index contributed by atoms with van der Waals surface area (Å²) in [4.78, 5) is 2.47. The fourth-order valence-corrected chi connectivity index (χ4v) is 1.13. The molecule has 0 unspecified atom stereocenters. The van der Waals surface area contributed by atoms with Gasteiger partial charge in [-0.15, -0.1) is 0 Å². The van der Waals surface area contributed by atoms with Crippen molar-refractivity contribution in [3.8, 4) is 0 Å². The van der Waals surface area contributed by atoms with Gasteiger partial charge in [-0.2, -0.15) is 0 Å². The maximum Gasteiger partial charge on any atom is 0.168 e. The molecule has 0 aliphatic heterocycles. The molecular weight excluding hydrogens is 167 g/mol. The van der Waals surface area contributed by atoms with Crippen molar-refractivity contribution in [1.82, 2.24) is 4.98 Å². The van der Waals surface area contributed by atoms with Gasteiger partial charge in [0.05, 0.1) is 5.52 Å². The molecule has 0 aliphatic carbocycles. The van der Waals surface area contributed by atoms with Gasteiger partial charge in [0.15, 0.2) is 11.6 Å². The molecule has 0 atom stereocenters. The monoisotopic (exact) mass is 171 g/mol. The molecule has 4 heteroatoms. The summed E-state index contributed by atoms with van der Waals surface area (Å²) in [6, 6.07) is 1.81. The second-order valence-corrected chi connectivity index (χ2v) is 2.42. The van der Waals surface area contributed by atoms with Gasteiger partial charge in [0.25, 0.3) is 0 Å². The number of nitrogens with one attached hydrogen (secondary N) is 1. The zero-order chi connectivity index (χ0) is 8.72. The molecule has 0 saturated heterocycles. The summed E-state index contributed by atoms with van der Waals surface area (Å²) >= 11 is 0. The van der Waals surface area contributed by atoms with Gasteiger partial charge >= 0.3 is 0 Å². The number of aromatic nitrogens is 1. The first-order valence-electron chi connectivity index (χ1n) is 3.30. The van der Waals surface area contributed by atoms with Crippen LogP contribution in [0.5, 0.6) is 0 Å². The van der Waals surface area contributed by atoms with Gasteiger partial charge in [0.1, 0.15) is 5.82 Å². The quantitative estimate of drug-likeness (QED) is 0.586. The molecule has 0 aliphatic rings. The Labute approximate surface area is 65.8 Å². The molecule has 0 spiro atoms. The highest BCUT2D eigenvalue weighted by molar-refractivity contribution is 5.80. The number of aromatic amines is 1. The van der Waals surface area contributed by atoms with Crippen LogP contribution < -0.4 is 0 Å². The van der Waals surface area contributed by atoms with Crippen LogP contribution in [-0.4, -0.2) is 4.98 Å². The van der Waals surface area contributed by atoms with E-state index < -0.39 is 17.5 Å². The third-order valence-electron chi connectivity index (χ3n) is 1.69. The number of rotatable bonds is 0. The normalized spacial score (nSPS) is 10.9. The highest BCUT2D eigenvalue weighted by Crippen LogP contribution is 2.21. The standard InChI is InChI=1S/C8H4F3N/c9-5-3-6(10)8-4(7(5)11)1-2-12-8/h1-3,12H. The minimum atomic E-state index is -1.17. The Hall–Kier alpha value is -1.45. The molecule has 0 fully saturated rings. The van der Waals surface area contributed by atoms with Crippen molar-refractivity contribution in [1.29, 1.82) is 0 Å². The van der Waals surface area contributed by atoms with Crippen LogP contribution in [0.3, 0.4) is 0 Å². The topological polar surface area (TPSA) is 15.8 Å². The van der Waals surface area contributed by atoms with Crippen LogP contribution in [0.1, 0.15) is 0 Å². The maximum atomic E-state index is 12.8. The summed E-state index contributed by atoms with van der Waals surface area (Å²) in [5, 5.41) is -0.0625. The summed E-state index contributed by atoms with van der Waals surface area (Å²) in [5.74, 6) is -2.97. The van der Waals surface area contributed by atoms with Gasteiger partial charge in [0.2, 0.25) is 0 Å². The molecule has 1 aromatic heterocycles. The molecule has 2 aromatic rings. The zero-order valence-electron chi connectivity index (χ0n) is 5.87. The molecule has 1 heterocycles. The number of H-pyrrole nitrogens is 1. The first kappa shape index (κ1) is 7.21. The van der Waals surface area contributed by atoms with E-state index in [1.54, 1.807) is 0 Å². The Balaban J connectivity index is 2.97. The van der Waals surface area contributed by atoms with Gasteiger partial charge in [-0.1, -0.05) is 0 Å². The van der Waals surface area contributed by atoms with Crippen molar-refractivity contribution >= 4 is 10.9 Å². The lowest BCUT2D eigenvalue weighted by molar-refractivity contribution is 0.505. The molecule has 1 N–H and O–H groups in total. The van der Waals surface area contributed by atoms with E-state index >= 15 is 0 Å². The number of benzene rings is 1. The van der Waals surface area contributed by atoms with Gasteiger partial charge in [-0.25, -0.2) is 13.2 Å². The second-order valence-electron chi connectivity index (χ2n) is 2.42. The van der Waals surface area contributed by atoms with Crippen molar-refractivity contribution in [2.45, 2.75) is 0 Å². The average Bonchev–Trinajstić information content (AvgIpc) is 2.48. The predicted molar refractivity (Wildman–Crippen MR) is 38.2 cm³/mol. The van der Waals surface area contributed by atoms with Gasteiger partial charge in [-0.3, -0.25) is 0 Å². The van der Waals surface area contributed by atoms with Crippen molar-refractivity contribution in [2.75, 3.05) is 0 Å². The van der Waals surface area contributed by atoms with E-state index in [-0.39, 0.29) is 10.9 Å². The minimum Gasteiger partial charge on any atom is -0.359 e. The molecule has 12 heavy (non-hydrogen) atoms. The number of halogens is 3. The van der Waals surface area contributed by atoms with E-state index in [0.717, 1.165) is 0 Å². The fourth-order valence-electron chi connectivity index (χ4n) is 1.13. The summed E-state index contributed by atoms with van der Waals surface area (Å²) in [6.45, 7) is 0. The molecule has 0 saturated carbocycles. The molecular formula is C8H4F3N. The Bertz CT molecular complexity index is 433. The highest BCUT2D eigenvalue weighted by Gasteiger charge is 2.11. The SMILES string of the molecule is Fc1cc(F)c2[nH]ccc2c1F. The molecule has 0 radical (unpaired) electrons. The Morgan fingerprint density at radius 2 is 1.83 bits per heavy atom. The summed E-state index contributed by atoms with van der Waals surface area (Å²) in [5.41, 5.74) is -0.00565. The highest BCUT2D eigenvalue weighted by atomic mass is 19.2. The number of fused-ring (bicyclic) bond motifs is 1. The van der Waals surface area contributed by atoms with Gasteiger partial charge < -0.3 is 4.98 Å². The lowest BCUT2D eigenvalue weighted by Crippen LogP contribution is -1.88. The van der Waals surface area contributed by atoms with Crippen molar-refractivity contribution in [3.05, 3.63) is 35.8 Å². The molecule has 1 aromatic carbocycles. The van der Waals surface area contributed by atoms with Crippen LogP contribution in [-0.2, 0) is 0 Å². The lowest BCUT2D eigenvalue weighted by atomic mass is 10.2. The van der Waals surface area contributed by atoms with Gasteiger partial charge in [-0.05, 0) is 6.07 Å². The summed E-state index contributed by atoms with van der Waals surface area (Å²) in [6.07, 6.45) is 1.36. The van der Waals surface area contributed by atoms with Crippen molar-refractivity contribution < 1.29 is 13.2 Å². The van der Waals surface area contributed by atoms with Crippen LogP contribution in [0.25, 0.3) is 10.9 Å². The third kappa shape index (κ3) is 0.809. The molecule has 0 amide bonds. The van der Waals surface area contributed by atoms with E-state index in [1.165, 1.54) is 12.3 Å². The largest absolute Gasteiger partial charge is 0.359 e. The van der Waals surface area contributed by atoms with Crippen LogP contribution in [0, 0.1) is 17.5 Å². The molecule has 2 rings (SSSR count). The van der Waals surface area contributed by atoms with Gasteiger partial charge in [0, 0.05) is 17.6 Å². The third-order valence-corrected chi connectivity index (χ3v) is 1.69. The summed E-state index contributed by atoms with van der Waals surface area (Å²) < 4.78 is 38.2. The maximum absolute atomic E-state index is 12.8. The second kappa shape index (κ2) is 2.27. The number of hydrogen-bond donors (Lipinski definition) is 1. The first-order valence-corrected chi connectivity index (χ1v) is 3.30. The van der Waals surface area contributed by atoms with Crippen LogP contribution in [0.4, 0.5) is 13.2 Å². The lowest BCUT2D eigenvalue weighted by Gasteiger charge is -1.95. The minimum absolute atomic E-state index is 0.00565. The Kier molecular flexibility index (Phi) is 1.36. The van der Waals surface area contributed by atoms with Crippen LogP contribution in [0.2, 0.25) is 0 Å². The summed E-state index contributed by atoms with van der Waals surface area (Å²) in [7, 11) is 0. The van der Waals surface area contributed by atoms with Crippen molar-refractivity contribution in [2.24, 2.45) is 0 Å². The smallest absolute Gasteiger partial charge is 0.168 e. The van der Waals surface area contributed by atoms with E-state index in [0.29, 0.717) is 6.07 Å². The molecule has 1 nitrogen and oxygen atoms in total.